The third-order valence-electron chi connectivity index (χ3n) is 3.17. The van der Waals surface area contributed by atoms with E-state index in [0.717, 1.165) is 20.7 Å². The number of amides is 1. The summed E-state index contributed by atoms with van der Waals surface area (Å²) in [4.78, 5) is 12.0. The number of rotatable bonds is 5. The minimum atomic E-state index is -0.0298. The number of benzene rings is 2. The molecule has 0 atom stereocenters. The topological polar surface area (TPSA) is 54.9 Å². The monoisotopic (exact) mass is 389 g/mol. The van der Waals surface area contributed by atoms with Crippen LogP contribution in [0.2, 0.25) is 0 Å². The number of carbonyl (C=O) groups excluding carboxylic acids is 1. The van der Waals surface area contributed by atoms with Crippen molar-refractivity contribution in [2.24, 2.45) is 0 Å². The van der Waals surface area contributed by atoms with Crippen LogP contribution in [0.15, 0.2) is 58.4 Å². The van der Waals surface area contributed by atoms with Crippen LogP contribution in [-0.2, 0) is 4.79 Å². The quantitative estimate of drug-likeness (QED) is 0.539. The van der Waals surface area contributed by atoms with Crippen LogP contribution in [0.4, 0.5) is 5.69 Å². The Morgan fingerprint density at radius 3 is 2.61 bits per heavy atom. The predicted octanol–water partition coefficient (Wildman–Crippen LogP) is 3.24. The molecular formula is C17H15N3OSSe. The van der Waals surface area contributed by atoms with Gasteiger partial charge in [-0.25, -0.2) is 0 Å². The first-order valence-corrected chi connectivity index (χ1v) is 9.70. The number of hydrogen-bond acceptors (Lipinski definition) is 4. The SMILES string of the molecule is Cc1ccc(-c2nn[se]c2SCC(=O)Nc2ccccc2)cc1. The fourth-order valence-electron chi connectivity index (χ4n) is 2.01. The van der Waals surface area contributed by atoms with Gasteiger partial charge in [0.15, 0.2) is 0 Å². The van der Waals surface area contributed by atoms with E-state index in [1.54, 1.807) is 0 Å². The Balaban J connectivity index is 1.64. The third kappa shape index (κ3) is 4.32. The molecule has 2 aromatic carbocycles. The zero-order chi connectivity index (χ0) is 16.1. The predicted molar refractivity (Wildman–Crippen MR) is 94.9 cm³/mol. The molecule has 6 heteroatoms. The van der Waals surface area contributed by atoms with Gasteiger partial charge in [-0.2, -0.15) is 0 Å². The number of anilines is 1. The molecular weight excluding hydrogens is 373 g/mol. The number of thioether (sulfide) groups is 1. The summed E-state index contributed by atoms with van der Waals surface area (Å²) in [5, 5.41) is 7.15. The van der Waals surface area contributed by atoms with E-state index in [4.69, 9.17) is 0 Å². The second kappa shape index (κ2) is 7.59. The van der Waals surface area contributed by atoms with Crippen molar-refractivity contribution in [2.75, 3.05) is 11.1 Å². The van der Waals surface area contributed by atoms with Crippen molar-refractivity contribution in [2.45, 2.75) is 10.7 Å². The van der Waals surface area contributed by atoms with E-state index in [2.05, 4.69) is 45.7 Å². The van der Waals surface area contributed by atoms with E-state index < -0.39 is 0 Å². The molecule has 0 saturated heterocycles. The van der Waals surface area contributed by atoms with Gasteiger partial charge in [0.25, 0.3) is 0 Å². The van der Waals surface area contributed by atoms with Crippen LogP contribution in [0.3, 0.4) is 0 Å². The molecule has 4 nitrogen and oxygen atoms in total. The van der Waals surface area contributed by atoms with Gasteiger partial charge in [0.05, 0.1) is 0 Å². The number of para-hydroxylation sites is 1. The maximum atomic E-state index is 12.0. The van der Waals surface area contributed by atoms with E-state index in [1.165, 1.54) is 17.3 Å². The molecule has 3 rings (SSSR count). The summed E-state index contributed by atoms with van der Waals surface area (Å²) in [5.41, 5.74) is 4.00. The molecule has 0 spiro atoms. The average Bonchev–Trinajstić information content (AvgIpc) is 3.03. The first-order valence-electron chi connectivity index (χ1n) is 7.09. The standard InChI is InChI=1S/C17H15N3OSSe/c1-12-7-9-13(10-8-12)16-17(23-20-19-16)22-11-15(21)18-14-5-3-2-4-6-14/h2-10H,11H2,1H3,(H,18,21). The molecule has 0 unspecified atom stereocenters. The van der Waals surface area contributed by atoms with Crippen LogP contribution in [0, 0.1) is 6.92 Å². The van der Waals surface area contributed by atoms with Gasteiger partial charge in [-0.05, 0) is 0 Å². The van der Waals surface area contributed by atoms with E-state index in [1.807, 2.05) is 30.3 Å². The summed E-state index contributed by atoms with van der Waals surface area (Å²) in [6, 6.07) is 17.7. The number of carbonyl (C=O) groups is 1. The molecule has 0 aliphatic carbocycles. The van der Waals surface area contributed by atoms with Crippen molar-refractivity contribution >= 4 is 38.1 Å². The number of nitrogens with zero attached hydrogens (tertiary/aromatic N) is 2. The van der Waals surface area contributed by atoms with Gasteiger partial charge in [0.2, 0.25) is 0 Å². The van der Waals surface area contributed by atoms with Gasteiger partial charge >= 0.3 is 145 Å². The van der Waals surface area contributed by atoms with E-state index in [0.29, 0.717) is 5.75 Å². The summed E-state index contributed by atoms with van der Waals surface area (Å²) in [6.07, 6.45) is 0. The van der Waals surface area contributed by atoms with E-state index in [9.17, 15) is 4.79 Å². The molecule has 0 radical (unpaired) electrons. The molecule has 0 aliphatic rings. The van der Waals surface area contributed by atoms with Crippen LogP contribution in [0.25, 0.3) is 11.3 Å². The van der Waals surface area contributed by atoms with Crippen molar-refractivity contribution in [1.82, 2.24) is 9.19 Å². The Kier molecular flexibility index (Phi) is 5.28. The van der Waals surface area contributed by atoms with Crippen LogP contribution in [0.5, 0.6) is 0 Å². The second-order valence-corrected chi connectivity index (χ2v) is 8.13. The zero-order valence-corrected chi connectivity index (χ0v) is 15.1. The molecule has 3 aromatic rings. The molecule has 1 amide bonds. The number of nitrogens with one attached hydrogen (secondary N) is 1. The van der Waals surface area contributed by atoms with E-state index >= 15 is 0 Å². The van der Waals surface area contributed by atoms with E-state index in [-0.39, 0.29) is 20.6 Å². The fraction of sp³-hybridized carbons (Fsp3) is 0.118. The Labute approximate surface area is 145 Å². The molecule has 0 saturated carbocycles. The van der Waals surface area contributed by atoms with Gasteiger partial charge in [0, 0.05) is 0 Å². The summed E-state index contributed by atoms with van der Waals surface area (Å²) in [7, 11) is 0. The Hall–Kier alpha value is -1.88. The van der Waals surface area contributed by atoms with Gasteiger partial charge in [-0.15, -0.1) is 0 Å². The maximum absolute atomic E-state index is 12.0. The molecule has 0 fully saturated rings. The first kappa shape index (κ1) is 16.0. The first-order chi connectivity index (χ1) is 11.2. The molecule has 1 aromatic heterocycles. The molecule has 23 heavy (non-hydrogen) atoms. The number of aromatic nitrogens is 2. The fourth-order valence-corrected chi connectivity index (χ4v) is 4.50. The number of hydrogen-bond donors (Lipinski definition) is 1. The second-order valence-electron chi connectivity index (χ2n) is 4.98. The Bertz CT molecular complexity index is 787. The molecule has 1 N–H and O–H groups in total. The number of aryl methyl sites for hydroxylation is 1. The van der Waals surface area contributed by atoms with Crippen molar-refractivity contribution in [3.8, 4) is 11.3 Å². The third-order valence-corrected chi connectivity index (χ3v) is 6.26. The summed E-state index contributed by atoms with van der Waals surface area (Å²) in [5.74, 6) is 0.353. The van der Waals surface area contributed by atoms with Gasteiger partial charge in [-0.1, -0.05) is 0 Å². The van der Waals surface area contributed by atoms with Crippen molar-refractivity contribution in [3.05, 3.63) is 60.2 Å². The minimum absolute atomic E-state index is 0.0142. The summed E-state index contributed by atoms with van der Waals surface area (Å²) in [6.45, 7) is 2.06. The van der Waals surface area contributed by atoms with Crippen molar-refractivity contribution in [1.29, 1.82) is 0 Å². The molecule has 0 bridgehead atoms. The Morgan fingerprint density at radius 1 is 1.13 bits per heavy atom. The van der Waals surface area contributed by atoms with Gasteiger partial charge < -0.3 is 0 Å². The van der Waals surface area contributed by atoms with Crippen molar-refractivity contribution < 1.29 is 4.79 Å². The van der Waals surface area contributed by atoms with Gasteiger partial charge in [0.1, 0.15) is 0 Å². The molecule has 116 valence electrons. The molecule has 1 heterocycles. The average molecular weight is 388 g/mol. The molecule has 0 aliphatic heterocycles. The summed E-state index contributed by atoms with van der Waals surface area (Å²) >= 11 is 1.50. The van der Waals surface area contributed by atoms with Crippen molar-refractivity contribution in [3.63, 3.8) is 0 Å². The van der Waals surface area contributed by atoms with Crippen LogP contribution in [0.1, 0.15) is 5.56 Å². The van der Waals surface area contributed by atoms with Crippen LogP contribution < -0.4 is 5.32 Å². The zero-order valence-electron chi connectivity index (χ0n) is 12.5. The van der Waals surface area contributed by atoms with Gasteiger partial charge in [-0.3, -0.25) is 0 Å². The van der Waals surface area contributed by atoms with Crippen LogP contribution in [-0.4, -0.2) is 35.6 Å². The van der Waals surface area contributed by atoms with Crippen LogP contribution >= 0.6 is 11.8 Å². The summed E-state index contributed by atoms with van der Waals surface area (Å²) < 4.78 is 5.27. The normalized spacial score (nSPS) is 10.5. The Morgan fingerprint density at radius 2 is 1.87 bits per heavy atom.